The summed E-state index contributed by atoms with van der Waals surface area (Å²) in [5.41, 5.74) is 11.0. The van der Waals surface area contributed by atoms with Gasteiger partial charge in [-0.1, -0.05) is 48.9 Å². The number of anilines is 2. The van der Waals surface area contributed by atoms with Crippen molar-refractivity contribution in [2.45, 2.75) is 70.0 Å². The van der Waals surface area contributed by atoms with E-state index in [1.807, 2.05) is 28.8 Å². The van der Waals surface area contributed by atoms with Crippen LogP contribution >= 0.6 is 7.82 Å². The van der Waals surface area contributed by atoms with Crippen LogP contribution in [0.25, 0.3) is 11.2 Å². The number of imidazole rings is 1. The summed E-state index contributed by atoms with van der Waals surface area (Å²) in [5.74, 6) is 0.126. The van der Waals surface area contributed by atoms with E-state index < -0.39 is 19.8 Å². The predicted molar refractivity (Wildman–Crippen MR) is 160 cm³/mol. The highest BCUT2D eigenvalue weighted by atomic mass is 31.2. The molecule has 1 saturated carbocycles. The maximum absolute atomic E-state index is 11.2. The van der Waals surface area contributed by atoms with Crippen molar-refractivity contribution >= 4 is 36.7 Å². The molecule has 3 atom stereocenters. The van der Waals surface area contributed by atoms with Gasteiger partial charge in [-0.25, -0.2) is 14.3 Å². The fraction of sp³-hybridized carbons (Fsp3) is 0.500. The Morgan fingerprint density at radius 2 is 1.93 bits per heavy atom. The Morgan fingerprint density at radius 3 is 2.60 bits per heavy atom. The molecule has 7 N–H and O–H groups in total. The van der Waals surface area contributed by atoms with E-state index in [9.17, 15) is 14.5 Å². The molecular formula is C28H40N7O7P. The number of fused-ring (bicyclic) bond motifs is 1. The fourth-order valence-electron chi connectivity index (χ4n) is 4.55. The topological polar surface area (TPSA) is 207 Å². The monoisotopic (exact) mass is 617 g/mol. The number of phosphoric acid groups is 1. The normalized spacial score (nSPS) is 18.7. The first-order valence-electron chi connectivity index (χ1n) is 14.4. The summed E-state index contributed by atoms with van der Waals surface area (Å²) in [6.07, 6.45) is 13.0. The number of allylic oxidation sites excluding steroid dienone is 1. The van der Waals surface area contributed by atoms with Gasteiger partial charge in [-0.05, 0) is 51.0 Å². The van der Waals surface area contributed by atoms with E-state index in [0.29, 0.717) is 12.6 Å². The quantitative estimate of drug-likeness (QED) is 0.0666. The summed E-state index contributed by atoms with van der Waals surface area (Å²) in [6.45, 7) is 1.97. The van der Waals surface area contributed by atoms with Gasteiger partial charge < -0.3 is 30.1 Å². The summed E-state index contributed by atoms with van der Waals surface area (Å²) in [6, 6.07) is 9.89. The molecule has 1 fully saturated rings. The molecule has 2 heterocycles. The van der Waals surface area contributed by atoms with Crippen LogP contribution in [0.5, 0.6) is 0 Å². The second-order valence-electron chi connectivity index (χ2n) is 10.7. The van der Waals surface area contributed by atoms with Gasteiger partial charge in [0.1, 0.15) is 6.04 Å². The van der Waals surface area contributed by atoms with Crippen molar-refractivity contribution in [2.24, 2.45) is 5.92 Å². The summed E-state index contributed by atoms with van der Waals surface area (Å²) in [4.78, 5) is 46.4. The lowest BCUT2D eigenvalue weighted by molar-refractivity contribution is -0.142. The number of nitrogen functional groups attached to an aromatic ring is 1. The molecule has 0 amide bonds. The minimum absolute atomic E-state index is 0.162. The van der Waals surface area contributed by atoms with Crippen molar-refractivity contribution in [3.05, 3.63) is 54.4 Å². The number of carbonyl (C=O) groups excluding carboxylic acids is 1. The van der Waals surface area contributed by atoms with Gasteiger partial charge in [-0.15, -0.1) is 0 Å². The third kappa shape index (κ3) is 10.4. The summed E-state index contributed by atoms with van der Waals surface area (Å²) >= 11 is 0. The van der Waals surface area contributed by atoms with Crippen molar-refractivity contribution < 1.29 is 33.6 Å². The first kappa shape index (κ1) is 32.5. The van der Waals surface area contributed by atoms with Crippen molar-refractivity contribution in [3.63, 3.8) is 0 Å². The number of unbranched alkanes of at least 4 members (excludes halogenated alkanes) is 2. The predicted octanol–water partition coefficient (Wildman–Crippen LogP) is 3.04. The fourth-order valence-corrected chi connectivity index (χ4v) is 4.94. The largest absolute Gasteiger partial charge is 0.527 e. The average molecular weight is 618 g/mol. The van der Waals surface area contributed by atoms with Crippen LogP contribution in [-0.2, 0) is 25.1 Å². The molecule has 234 valence electrons. The first-order valence-corrected chi connectivity index (χ1v) is 15.9. The molecule has 3 aromatic rings. The molecule has 14 nitrogen and oxygen atoms in total. The number of aliphatic hydroxyl groups excluding tert-OH is 1. The number of hydrogen-bond donors (Lipinski definition) is 6. The highest BCUT2D eigenvalue weighted by Gasteiger charge is 2.27. The smallest absolute Gasteiger partial charge is 0.396 e. The second-order valence-corrected chi connectivity index (χ2v) is 11.9. The number of nitrogens with one attached hydrogen (secondary N) is 2. The molecule has 43 heavy (non-hydrogen) atoms. The standard InChI is InChI=1S/C14H18N6O.C14H22NO6P/c15-14-18-12(17-9-2-3-9)11-13(19-14)20(7-16-11)10-4-1-8(5-10)6-21;1-12(14(16)21-22(17,18)19)15-20-11-7-3-6-10-13-8-4-2-5-9-13/h1,4,7-10,21H,2-3,5-6H2,(H3,15,17,18,19);2,4-5,8-9,12,15H,3,6-7,10-11H2,1H3,(H2,17,18,19)/t8-,10+;12-/m10/s1. The molecule has 15 heteroatoms. The van der Waals surface area contributed by atoms with Gasteiger partial charge in [-0.2, -0.15) is 15.4 Å². The number of benzene rings is 1. The number of rotatable bonds is 14. The third-order valence-electron chi connectivity index (χ3n) is 6.98. The van der Waals surface area contributed by atoms with Crippen LogP contribution in [0.15, 0.2) is 48.8 Å². The van der Waals surface area contributed by atoms with Crippen LogP contribution in [-0.4, -0.2) is 65.7 Å². The number of aliphatic hydroxyl groups is 1. The molecule has 0 bridgehead atoms. The Morgan fingerprint density at radius 1 is 1.16 bits per heavy atom. The van der Waals surface area contributed by atoms with Crippen LogP contribution < -0.4 is 16.5 Å². The van der Waals surface area contributed by atoms with E-state index in [1.165, 1.54) is 12.5 Å². The molecule has 5 rings (SSSR count). The van der Waals surface area contributed by atoms with Crippen molar-refractivity contribution in [1.82, 2.24) is 25.0 Å². The van der Waals surface area contributed by atoms with E-state index >= 15 is 0 Å². The van der Waals surface area contributed by atoms with Crippen molar-refractivity contribution in [3.8, 4) is 0 Å². The van der Waals surface area contributed by atoms with Crippen molar-refractivity contribution in [1.29, 1.82) is 0 Å². The van der Waals surface area contributed by atoms with Gasteiger partial charge in [0.2, 0.25) is 5.95 Å². The second kappa shape index (κ2) is 15.4. The van der Waals surface area contributed by atoms with Gasteiger partial charge in [0, 0.05) is 18.6 Å². The average Bonchev–Trinajstić information content (AvgIpc) is 3.47. The maximum atomic E-state index is 11.2. The number of aryl methyl sites for hydroxylation is 1. The lowest BCUT2D eigenvalue weighted by atomic mass is 10.1. The molecule has 0 radical (unpaired) electrons. The molecule has 0 unspecified atom stereocenters. The van der Waals surface area contributed by atoms with Gasteiger partial charge >= 0.3 is 13.8 Å². The lowest BCUT2D eigenvalue weighted by Gasteiger charge is -2.13. The molecule has 1 aromatic carbocycles. The van der Waals surface area contributed by atoms with E-state index in [4.69, 9.17) is 20.4 Å². The highest BCUT2D eigenvalue weighted by Crippen LogP contribution is 2.36. The van der Waals surface area contributed by atoms with E-state index in [-0.39, 0.29) is 24.5 Å². The Hall–Kier alpha value is -3.39. The van der Waals surface area contributed by atoms with Gasteiger partial charge in [0.25, 0.3) is 0 Å². The Labute approximate surface area is 249 Å². The maximum Gasteiger partial charge on any atom is 0.527 e. The van der Waals surface area contributed by atoms with Crippen molar-refractivity contribution in [2.75, 3.05) is 24.3 Å². The number of aromatic nitrogens is 4. The molecular weight excluding hydrogens is 577 g/mol. The lowest BCUT2D eigenvalue weighted by Crippen LogP contribution is -2.35. The van der Waals surface area contributed by atoms with Crippen LogP contribution in [0.4, 0.5) is 11.8 Å². The summed E-state index contributed by atoms with van der Waals surface area (Å²) < 4.78 is 16.4. The SMILES string of the molecule is C[C@H](NOCCCCCc1ccccc1)C(=O)OP(=O)(O)O.Nc1nc(NC2CC2)c2ncn([C@H]3C=C[C@@H](CO)C3)c2n1. The zero-order valence-corrected chi connectivity index (χ0v) is 25.0. The van der Waals surface area contributed by atoms with Crippen LogP contribution in [0, 0.1) is 5.92 Å². The van der Waals surface area contributed by atoms with Gasteiger partial charge in [-0.3, -0.25) is 9.79 Å². The zero-order valence-electron chi connectivity index (χ0n) is 24.1. The minimum Gasteiger partial charge on any atom is -0.396 e. The Bertz CT molecular complexity index is 1410. The number of hydroxylamine groups is 1. The molecule has 0 spiro atoms. The number of nitrogens with two attached hydrogens (primary N) is 1. The molecule has 2 aliphatic carbocycles. The molecule has 2 aliphatic rings. The number of nitrogens with zero attached hydrogens (tertiary/aromatic N) is 4. The minimum atomic E-state index is -4.80. The third-order valence-corrected chi connectivity index (χ3v) is 7.39. The van der Waals surface area contributed by atoms with Crippen LogP contribution in [0.3, 0.4) is 0 Å². The van der Waals surface area contributed by atoms with Gasteiger partial charge in [0.15, 0.2) is 17.0 Å². The Kier molecular flexibility index (Phi) is 11.6. The number of carbonyl (C=O) groups is 1. The first-order chi connectivity index (χ1) is 20.6. The highest BCUT2D eigenvalue weighted by molar-refractivity contribution is 7.46. The van der Waals surface area contributed by atoms with E-state index in [2.05, 4.69) is 48.5 Å². The molecule has 2 aromatic heterocycles. The van der Waals surface area contributed by atoms with Gasteiger partial charge in [0.05, 0.1) is 19.0 Å². The zero-order chi connectivity index (χ0) is 30.8. The molecule has 0 saturated heterocycles. The van der Waals surface area contributed by atoms with Crippen LogP contribution in [0.1, 0.15) is 57.1 Å². The summed E-state index contributed by atoms with van der Waals surface area (Å²) in [5, 5.41) is 12.6. The number of hydrogen-bond acceptors (Lipinski definition) is 11. The van der Waals surface area contributed by atoms with E-state index in [0.717, 1.165) is 61.9 Å². The number of phosphoric ester groups is 1. The van der Waals surface area contributed by atoms with E-state index in [1.54, 1.807) is 6.33 Å². The van der Waals surface area contributed by atoms with Crippen LogP contribution in [0.2, 0.25) is 0 Å². The molecule has 0 aliphatic heterocycles. The summed E-state index contributed by atoms with van der Waals surface area (Å²) in [7, 11) is -4.80. The Balaban J connectivity index is 0.000000197.